The first-order valence-electron chi connectivity index (χ1n) is 5.93. The van der Waals surface area contributed by atoms with Crippen molar-refractivity contribution >= 4 is 11.6 Å². The van der Waals surface area contributed by atoms with Gasteiger partial charge in [0.2, 0.25) is 0 Å². The normalized spacial score (nSPS) is 12.2. The molecule has 0 aliphatic carbocycles. The fraction of sp³-hybridized carbons (Fsp3) is 0.462. The molecule has 0 aromatic heterocycles. The maximum atomic E-state index is 11.7. The van der Waals surface area contributed by atoms with Gasteiger partial charge in [-0.05, 0) is 33.2 Å². The van der Waals surface area contributed by atoms with Gasteiger partial charge in [0, 0.05) is 24.8 Å². The monoisotopic (exact) mass is 251 g/mol. The van der Waals surface area contributed by atoms with E-state index in [4.69, 9.17) is 10.5 Å². The highest BCUT2D eigenvalue weighted by Crippen LogP contribution is 2.15. The maximum absolute atomic E-state index is 11.7. The molecule has 1 aromatic carbocycles. The van der Waals surface area contributed by atoms with Gasteiger partial charge in [-0.2, -0.15) is 0 Å². The molecule has 5 nitrogen and oxygen atoms in total. The molecule has 0 saturated heterocycles. The number of amides is 1. The Kier molecular flexibility index (Phi) is 5.45. The number of nitrogens with one attached hydrogen (secondary N) is 1. The number of benzene rings is 1. The van der Waals surface area contributed by atoms with Gasteiger partial charge < -0.3 is 20.7 Å². The van der Waals surface area contributed by atoms with Crippen molar-refractivity contribution in [1.29, 1.82) is 0 Å². The highest BCUT2D eigenvalue weighted by Gasteiger charge is 2.13. The molecule has 1 rings (SSSR count). The summed E-state index contributed by atoms with van der Waals surface area (Å²) in [5.41, 5.74) is 6.26. The number of rotatable bonds is 6. The number of anilines is 1. The molecule has 1 atom stereocenters. The van der Waals surface area contributed by atoms with Crippen LogP contribution in [0.15, 0.2) is 24.3 Å². The summed E-state index contributed by atoms with van der Waals surface area (Å²) >= 11 is 0. The van der Waals surface area contributed by atoms with Gasteiger partial charge in [-0.15, -0.1) is 0 Å². The molecule has 5 heteroatoms. The second-order valence-electron chi connectivity index (χ2n) is 4.43. The number of carbonyl (C=O) groups is 1. The van der Waals surface area contributed by atoms with Crippen molar-refractivity contribution in [3.63, 3.8) is 0 Å². The lowest BCUT2D eigenvalue weighted by atomic mass is 10.3. The smallest absolute Gasteiger partial charge is 0.260 e. The molecule has 1 unspecified atom stereocenters. The van der Waals surface area contributed by atoms with Crippen LogP contribution >= 0.6 is 0 Å². The lowest BCUT2D eigenvalue weighted by Gasteiger charge is -2.16. The Hall–Kier alpha value is -1.75. The summed E-state index contributed by atoms with van der Waals surface area (Å²) in [6, 6.07) is 7.04. The van der Waals surface area contributed by atoms with E-state index < -0.39 is 6.10 Å². The molecule has 0 aliphatic rings. The van der Waals surface area contributed by atoms with Crippen LogP contribution in [-0.4, -0.2) is 44.1 Å². The average molecular weight is 251 g/mol. The number of likely N-dealkylation sites (N-methyl/N-ethyl adjacent to an activating group) is 1. The molecule has 0 fully saturated rings. The summed E-state index contributed by atoms with van der Waals surface area (Å²) in [7, 11) is 3.91. The zero-order valence-electron chi connectivity index (χ0n) is 11.1. The van der Waals surface area contributed by atoms with E-state index >= 15 is 0 Å². The first-order chi connectivity index (χ1) is 8.49. The zero-order valence-corrected chi connectivity index (χ0v) is 11.1. The van der Waals surface area contributed by atoms with Crippen molar-refractivity contribution in [3.8, 4) is 5.75 Å². The number of ether oxygens (including phenoxy) is 1. The maximum Gasteiger partial charge on any atom is 0.260 e. The molecule has 0 saturated carbocycles. The highest BCUT2D eigenvalue weighted by molar-refractivity contribution is 5.80. The molecule has 1 aromatic rings. The first kappa shape index (κ1) is 14.3. The van der Waals surface area contributed by atoms with Crippen molar-refractivity contribution in [3.05, 3.63) is 24.3 Å². The third-order valence-electron chi connectivity index (χ3n) is 2.40. The van der Waals surface area contributed by atoms with Crippen molar-refractivity contribution in [1.82, 2.24) is 10.2 Å². The largest absolute Gasteiger partial charge is 0.481 e. The number of nitrogen functional groups attached to an aromatic ring is 1. The van der Waals surface area contributed by atoms with Gasteiger partial charge >= 0.3 is 0 Å². The fourth-order valence-electron chi connectivity index (χ4n) is 1.39. The Labute approximate surface area is 108 Å². The third kappa shape index (κ3) is 5.05. The standard InChI is InChI=1S/C13H21N3O2/c1-10(13(17)15-7-8-16(2)3)18-12-6-4-5-11(14)9-12/h4-6,9-10H,7-8,14H2,1-3H3,(H,15,17). The number of carbonyl (C=O) groups excluding carboxylic acids is 1. The minimum atomic E-state index is -0.533. The van der Waals surface area contributed by atoms with E-state index in [2.05, 4.69) is 5.32 Å². The molecule has 0 radical (unpaired) electrons. The number of nitrogens with two attached hydrogens (primary N) is 1. The van der Waals surface area contributed by atoms with Gasteiger partial charge in [-0.3, -0.25) is 4.79 Å². The molecule has 3 N–H and O–H groups in total. The molecular weight excluding hydrogens is 230 g/mol. The van der Waals surface area contributed by atoms with Crippen LogP contribution in [0.1, 0.15) is 6.92 Å². The molecule has 1 amide bonds. The van der Waals surface area contributed by atoms with Crippen molar-refractivity contribution in [2.75, 3.05) is 32.9 Å². The Morgan fingerprint density at radius 3 is 2.83 bits per heavy atom. The van der Waals surface area contributed by atoms with Crippen LogP contribution in [0.2, 0.25) is 0 Å². The van der Waals surface area contributed by atoms with Crippen molar-refractivity contribution in [2.45, 2.75) is 13.0 Å². The van der Waals surface area contributed by atoms with Gasteiger partial charge in [-0.25, -0.2) is 0 Å². The summed E-state index contributed by atoms with van der Waals surface area (Å²) in [5.74, 6) is 0.476. The predicted molar refractivity (Wildman–Crippen MR) is 72.5 cm³/mol. The predicted octanol–water partition coefficient (Wildman–Crippen LogP) is 0.714. The topological polar surface area (TPSA) is 67.6 Å². The van der Waals surface area contributed by atoms with E-state index in [9.17, 15) is 4.79 Å². The van der Waals surface area contributed by atoms with Crippen molar-refractivity contribution in [2.24, 2.45) is 0 Å². The van der Waals surface area contributed by atoms with Crippen LogP contribution in [0, 0.1) is 0 Å². The third-order valence-corrected chi connectivity index (χ3v) is 2.40. The molecule has 18 heavy (non-hydrogen) atoms. The quantitative estimate of drug-likeness (QED) is 0.731. The van der Waals surface area contributed by atoms with Gasteiger partial charge in [-0.1, -0.05) is 6.07 Å². The van der Waals surface area contributed by atoms with Crippen molar-refractivity contribution < 1.29 is 9.53 Å². The second-order valence-corrected chi connectivity index (χ2v) is 4.43. The molecular formula is C13H21N3O2. The summed E-state index contributed by atoms with van der Waals surface area (Å²) < 4.78 is 5.51. The van der Waals surface area contributed by atoms with Gasteiger partial charge in [0.15, 0.2) is 6.10 Å². The molecule has 0 heterocycles. The lowest BCUT2D eigenvalue weighted by molar-refractivity contribution is -0.127. The second kappa shape index (κ2) is 6.86. The van der Waals surface area contributed by atoms with Crippen LogP contribution in [0.4, 0.5) is 5.69 Å². The Bertz CT molecular complexity index is 394. The summed E-state index contributed by atoms with van der Waals surface area (Å²) in [6.45, 7) is 3.13. The Balaban J connectivity index is 2.40. The highest BCUT2D eigenvalue weighted by atomic mass is 16.5. The van der Waals surface area contributed by atoms with E-state index in [1.165, 1.54) is 0 Å². The molecule has 100 valence electrons. The van der Waals surface area contributed by atoms with E-state index in [1.807, 2.05) is 19.0 Å². The molecule has 0 aliphatic heterocycles. The van der Waals surface area contributed by atoms with Gasteiger partial charge in [0.05, 0.1) is 0 Å². The number of nitrogens with zero attached hydrogens (tertiary/aromatic N) is 1. The first-order valence-corrected chi connectivity index (χ1v) is 5.93. The SMILES string of the molecule is CC(Oc1cccc(N)c1)C(=O)NCCN(C)C. The van der Waals surface area contributed by atoms with Crippen LogP contribution in [0.25, 0.3) is 0 Å². The molecule has 0 spiro atoms. The molecule has 0 bridgehead atoms. The lowest BCUT2D eigenvalue weighted by Crippen LogP contribution is -2.39. The Morgan fingerprint density at radius 1 is 1.50 bits per heavy atom. The minimum absolute atomic E-state index is 0.126. The summed E-state index contributed by atoms with van der Waals surface area (Å²) in [5, 5.41) is 2.81. The number of hydrogen-bond donors (Lipinski definition) is 2. The summed E-state index contributed by atoms with van der Waals surface area (Å²) in [6.07, 6.45) is -0.533. The van der Waals surface area contributed by atoms with Crippen LogP contribution in [-0.2, 0) is 4.79 Å². The van der Waals surface area contributed by atoms with Crippen LogP contribution < -0.4 is 15.8 Å². The van der Waals surface area contributed by atoms with Gasteiger partial charge in [0.25, 0.3) is 5.91 Å². The number of hydrogen-bond acceptors (Lipinski definition) is 4. The summed E-state index contributed by atoms with van der Waals surface area (Å²) in [4.78, 5) is 13.7. The van der Waals surface area contributed by atoms with E-state index in [1.54, 1.807) is 31.2 Å². The minimum Gasteiger partial charge on any atom is -0.481 e. The van der Waals surface area contributed by atoms with E-state index in [-0.39, 0.29) is 5.91 Å². The van der Waals surface area contributed by atoms with Crippen LogP contribution in [0.3, 0.4) is 0 Å². The Morgan fingerprint density at radius 2 is 2.22 bits per heavy atom. The van der Waals surface area contributed by atoms with E-state index in [0.29, 0.717) is 18.0 Å². The van der Waals surface area contributed by atoms with Gasteiger partial charge in [0.1, 0.15) is 5.75 Å². The average Bonchev–Trinajstić information content (AvgIpc) is 2.28. The van der Waals surface area contributed by atoms with E-state index in [0.717, 1.165) is 6.54 Å². The van der Waals surface area contributed by atoms with Crippen LogP contribution in [0.5, 0.6) is 5.75 Å². The zero-order chi connectivity index (χ0) is 13.5. The fourth-order valence-corrected chi connectivity index (χ4v) is 1.39.